The first-order chi connectivity index (χ1) is 10.6. The van der Waals surface area contributed by atoms with Gasteiger partial charge in [0, 0.05) is 0 Å². The summed E-state index contributed by atoms with van der Waals surface area (Å²) < 4.78 is 0. The van der Waals surface area contributed by atoms with E-state index in [0.29, 0.717) is 0 Å². The van der Waals surface area contributed by atoms with Crippen LogP contribution in [0.2, 0.25) is 0 Å². The topological polar surface area (TPSA) is 0 Å². The number of hydrogen-bond acceptors (Lipinski definition) is 0. The minimum Gasteiger partial charge on any atom is -0.0651 e. The lowest BCUT2D eigenvalue weighted by atomic mass is 9.07. The molecule has 0 nitrogen and oxygen atoms in total. The first-order valence-corrected chi connectivity index (χ1v) is 10.6. The average molecular weight is 294 g/mol. The van der Waals surface area contributed by atoms with Crippen molar-refractivity contribution in [2.75, 3.05) is 0 Å². The second-order valence-electron chi connectivity index (χ2n) is 11.6. The zero-order valence-electron chi connectivity index (χ0n) is 14.6. The van der Waals surface area contributed by atoms with Gasteiger partial charge in [-0.1, -0.05) is 34.1 Å². The predicted molar refractivity (Wildman–Crippen MR) is 85.8 cm³/mol. The summed E-state index contributed by atoms with van der Waals surface area (Å²) in [5.74, 6) is 11.7. The van der Waals surface area contributed by atoms with Crippen LogP contribution in [0.4, 0.5) is 0 Å². The minimum atomic E-state index is 0.816. The highest BCUT2D eigenvalue weighted by atomic mass is 15.1. The molecule has 14 unspecified atom stereocenters. The maximum atomic E-state index is 2.86. The van der Waals surface area contributed by atoms with Crippen LogP contribution in [0.3, 0.4) is 0 Å². The Hall–Kier alpha value is 0. The summed E-state index contributed by atoms with van der Waals surface area (Å²) in [7, 11) is 0. The fraction of sp³-hybridized carbons (Fsp3) is 1.00. The van der Waals surface area contributed by atoms with Crippen LogP contribution in [0.15, 0.2) is 0 Å². The van der Waals surface area contributed by atoms with Crippen LogP contribution in [0.25, 0.3) is 0 Å². The van der Waals surface area contributed by atoms with E-state index in [1.54, 1.807) is 19.3 Å². The van der Waals surface area contributed by atoms with E-state index in [-0.39, 0.29) is 0 Å². The molecule has 0 saturated heterocycles. The maximum absolute atomic E-state index is 2.86. The fourth-order valence-corrected chi connectivity index (χ4v) is 14.2. The molecule has 22 heavy (non-hydrogen) atoms. The minimum absolute atomic E-state index is 0.816. The molecule has 2 spiro atoms. The molecule has 8 saturated carbocycles. The molecule has 8 fully saturated rings. The molecule has 0 heterocycles. The van der Waals surface area contributed by atoms with Crippen molar-refractivity contribution in [3.8, 4) is 0 Å². The molecular weight excluding hydrogens is 264 g/mol. The van der Waals surface area contributed by atoms with Crippen LogP contribution in [0, 0.1) is 80.8 Å². The van der Waals surface area contributed by atoms with Gasteiger partial charge in [-0.05, 0) is 100 Å². The van der Waals surface area contributed by atoms with Gasteiger partial charge >= 0.3 is 0 Å². The van der Waals surface area contributed by atoms with Crippen molar-refractivity contribution in [3.63, 3.8) is 0 Å². The third kappa shape index (κ3) is 0.519. The number of rotatable bonds is 1. The first kappa shape index (κ1) is 11.5. The molecule has 0 aromatic heterocycles. The number of hydrogen-bond donors (Lipinski definition) is 0. The Morgan fingerprint density at radius 1 is 0.909 bits per heavy atom. The van der Waals surface area contributed by atoms with Crippen LogP contribution in [-0.4, -0.2) is 0 Å². The maximum Gasteiger partial charge on any atom is -0.0108 e. The molecule has 0 aromatic rings. The summed E-state index contributed by atoms with van der Waals surface area (Å²) in [6.07, 6.45) is 6.38. The van der Waals surface area contributed by atoms with E-state index in [9.17, 15) is 0 Å². The molecule has 0 radical (unpaired) electrons. The Morgan fingerprint density at radius 3 is 2.27 bits per heavy atom. The van der Waals surface area contributed by atoms with Crippen molar-refractivity contribution < 1.29 is 0 Å². The Balaban J connectivity index is 1.48. The van der Waals surface area contributed by atoms with Crippen LogP contribution in [-0.2, 0) is 0 Å². The summed E-state index contributed by atoms with van der Waals surface area (Å²) in [5.41, 5.74) is 3.38. The normalized spacial score (nSPS) is 88.4. The van der Waals surface area contributed by atoms with Gasteiger partial charge in [0.1, 0.15) is 0 Å². The lowest BCUT2D eigenvalue weighted by molar-refractivity contribution is -0.510. The van der Waals surface area contributed by atoms with E-state index in [4.69, 9.17) is 0 Å². The highest BCUT2D eigenvalue weighted by Gasteiger charge is 3.10. The molecule has 0 amide bonds. The van der Waals surface area contributed by atoms with Crippen molar-refractivity contribution >= 4 is 0 Å². The van der Waals surface area contributed by atoms with Crippen LogP contribution in [0.5, 0.6) is 0 Å². The molecule has 8 aliphatic rings. The second-order valence-corrected chi connectivity index (χ2v) is 11.6. The van der Waals surface area contributed by atoms with Gasteiger partial charge in [-0.3, -0.25) is 0 Å². The number of fused-ring (bicyclic) bond motifs is 4. The van der Waals surface area contributed by atoms with Gasteiger partial charge in [-0.15, -0.1) is 0 Å². The van der Waals surface area contributed by atoms with Crippen molar-refractivity contribution in [3.05, 3.63) is 0 Å². The lowest BCUT2D eigenvalue weighted by Crippen LogP contribution is -2.94. The van der Waals surface area contributed by atoms with Gasteiger partial charge in [-0.25, -0.2) is 0 Å². The summed E-state index contributed by atoms with van der Waals surface area (Å²) >= 11 is 0. The van der Waals surface area contributed by atoms with Gasteiger partial charge in [0.25, 0.3) is 0 Å². The van der Waals surface area contributed by atoms with E-state index < -0.39 is 0 Å². The molecule has 8 aliphatic carbocycles. The highest BCUT2D eigenvalue weighted by molar-refractivity contribution is 5.56. The summed E-state index contributed by atoms with van der Waals surface area (Å²) in [6.45, 7) is 10.9. The van der Waals surface area contributed by atoms with Gasteiger partial charge in [0.2, 0.25) is 0 Å². The highest BCUT2D eigenvalue weighted by Crippen LogP contribution is 3.13. The zero-order chi connectivity index (χ0) is 14.6. The monoisotopic (exact) mass is 294 g/mol. The molecule has 0 heteroatoms. The molecular formula is C22H30. The largest absolute Gasteiger partial charge is 0.0651 e. The Labute approximate surface area is 134 Å². The van der Waals surface area contributed by atoms with E-state index >= 15 is 0 Å². The average Bonchev–Trinajstić information content (AvgIpc) is 2.98. The van der Waals surface area contributed by atoms with Crippen molar-refractivity contribution in [2.45, 2.75) is 53.4 Å². The molecule has 0 N–H and O–H groups in total. The van der Waals surface area contributed by atoms with Gasteiger partial charge < -0.3 is 0 Å². The Morgan fingerprint density at radius 2 is 1.59 bits per heavy atom. The zero-order valence-corrected chi connectivity index (χ0v) is 14.6. The standard InChI is InChI=1S/C22H30/c1-5-10-8-11-9(2)14-16-12-6-7-13-17-18-15(11)21(10,14)20(18,4)22(16,17)19(12,13)3/h9-18H,5-8H2,1-4H3. The lowest BCUT2D eigenvalue weighted by Gasteiger charge is -2.97. The second kappa shape index (κ2) is 2.50. The summed E-state index contributed by atoms with van der Waals surface area (Å²) in [6, 6.07) is 0. The quantitative estimate of drug-likeness (QED) is 0.649. The molecule has 2 bridgehead atoms. The van der Waals surface area contributed by atoms with Gasteiger partial charge in [0.05, 0.1) is 0 Å². The smallest absolute Gasteiger partial charge is 0.0108 e. The molecule has 14 atom stereocenters. The predicted octanol–water partition coefficient (Wildman–Crippen LogP) is 4.84. The van der Waals surface area contributed by atoms with Crippen LogP contribution >= 0.6 is 0 Å². The fourth-order valence-electron chi connectivity index (χ4n) is 14.2. The molecule has 8 rings (SSSR count). The molecule has 0 aliphatic heterocycles. The van der Waals surface area contributed by atoms with Crippen molar-refractivity contribution in [1.29, 1.82) is 0 Å². The third-order valence-electron chi connectivity index (χ3n) is 13.3. The van der Waals surface area contributed by atoms with Crippen LogP contribution in [0.1, 0.15) is 53.4 Å². The van der Waals surface area contributed by atoms with E-state index in [1.165, 1.54) is 41.9 Å². The van der Waals surface area contributed by atoms with Gasteiger partial charge in [-0.2, -0.15) is 0 Å². The molecule has 118 valence electrons. The third-order valence-corrected chi connectivity index (χ3v) is 13.3. The van der Waals surface area contributed by atoms with Crippen LogP contribution < -0.4 is 0 Å². The van der Waals surface area contributed by atoms with E-state index in [2.05, 4.69) is 27.7 Å². The van der Waals surface area contributed by atoms with Crippen molar-refractivity contribution in [2.24, 2.45) is 80.8 Å². The van der Waals surface area contributed by atoms with Gasteiger partial charge in [0.15, 0.2) is 0 Å². The molecule has 0 aromatic carbocycles. The summed E-state index contributed by atoms with van der Waals surface area (Å²) in [5, 5.41) is 0. The van der Waals surface area contributed by atoms with Crippen molar-refractivity contribution in [1.82, 2.24) is 0 Å². The Bertz CT molecular complexity index is 680. The first-order valence-electron chi connectivity index (χ1n) is 10.6. The van der Waals surface area contributed by atoms with E-state index in [0.717, 1.165) is 45.3 Å². The summed E-state index contributed by atoms with van der Waals surface area (Å²) in [4.78, 5) is 0. The SMILES string of the molecule is CCC1CC2C(C)C3C4C5CCC6C7C8C2C13C8(C)C47C56C. The Kier molecular flexibility index (Phi) is 1.31. The van der Waals surface area contributed by atoms with E-state index in [1.807, 2.05) is 0 Å².